The summed E-state index contributed by atoms with van der Waals surface area (Å²) in [5, 5.41) is 1.30. The molecule has 0 N–H and O–H groups in total. The molecule has 2 rings (SSSR count). The molecule has 0 aliphatic rings. The molecule has 0 aliphatic carbocycles. The molecule has 17 heavy (non-hydrogen) atoms. The first-order chi connectivity index (χ1) is 8.08. The van der Waals surface area contributed by atoms with Crippen molar-refractivity contribution in [3.63, 3.8) is 0 Å². The second-order valence-corrected chi connectivity index (χ2v) is 5.49. The van der Waals surface area contributed by atoms with E-state index in [0.717, 1.165) is 0 Å². The Hall–Kier alpha value is -1.13. The number of hydrogen-bond acceptors (Lipinski definition) is 0. The van der Waals surface area contributed by atoms with Crippen molar-refractivity contribution in [3.05, 3.63) is 53.6 Å². The van der Waals surface area contributed by atoms with E-state index >= 15 is 0 Å². The van der Waals surface area contributed by atoms with Gasteiger partial charge in [-0.25, -0.2) is 0 Å². The number of rotatable bonds is 2. The van der Waals surface area contributed by atoms with Crippen molar-refractivity contribution in [3.8, 4) is 11.1 Å². The summed E-state index contributed by atoms with van der Waals surface area (Å²) in [4.78, 5) is 0. The molecule has 0 radical (unpaired) electrons. The molecular formula is C16H19P. The molecule has 0 fully saturated rings. The highest BCUT2D eigenvalue weighted by Crippen LogP contribution is 2.23. The monoisotopic (exact) mass is 242 g/mol. The van der Waals surface area contributed by atoms with Gasteiger partial charge in [-0.05, 0) is 40.9 Å². The van der Waals surface area contributed by atoms with Gasteiger partial charge in [0.2, 0.25) is 0 Å². The van der Waals surface area contributed by atoms with Crippen molar-refractivity contribution >= 4 is 14.5 Å². The molecule has 0 amide bonds. The summed E-state index contributed by atoms with van der Waals surface area (Å²) in [5.41, 5.74) is 5.29. The highest BCUT2D eigenvalue weighted by molar-refractivity contribution is 7.27. The SMILES string of the molecule is Cc1ccc(-c2ccc(C(C)C)c(P)c2)cc1. The molecule has 88 valence electrons. The van der Waals surface area contributed by atoms with Crippen molar-refractivity contribution in [2.24, 2.45) is 0 Å². The Morgan fingerprint density at radius 3 is 2.00 bits per heavy atom. The lowest BCUT2D eigenvalue weighted by molar-refractivity contribution is 0.874. The van der Waals surface area contributed by atoms with Crippen LogP contribution >= 0.6 is 9.24 Å². The van der Waals surface area contributed by atoms with E-state index in [4.69, 9.17) is 0 Å². The molecule has 1 atom stereocenters. The summed E-state index contributed by atoms with van der Waals surface area (Å²) in [6.07, 6.45) is 0. The second kappa shape index (κ2) is 5.02. The summed E-state index contributed by atoms with van der Waals surface area (Å²) < 4.78 is 0. The summed E-state index contributed by atoms with van der Waals surface area (Å²) in [7, 11) is 2.85. The minimum absolute atomic E-state index is 0.578. The van der Waals surface area contributed by atoms with Crippen LogP contribution in [0.2, 0.25) is 0 Å². The third kappa shape index (κ3) is 2.76. The first-order valence-electron chi connectivity index (χ1n) is 6.04. The maximum atomic E-state index is 2.85. The number of hydrogen-bond donors (Lipinski definition) is 0. The highest BCUT2D eigenvalue weighted by Gasteiger charge is 2.05. The molecule has 0 heterocycles. The topological polar surface area (TPSA) is 0 Å². The molecule has 1 heteroatoms. The Morgan fingerprint density at radius 2 is 1.47 bits per heavy atom. The minimum atomic E-state index is 0.578. The molecule has 1 unspecified atom stereocenters. The van der Waals surface area contributed by atoms with Crippen LogP contribution < -0.4 is 5.30 Å². The van der Waals surface area contributed by atoms with Crippen LogP contribution in [0, 0.1) is 6.92 Å². The van der Waals surface area contributed by atoms with Gasteiger partial charge in [0.25, 0.3) is 0 Å². The Bertz CT molecular complexity index is 510. The highest BCUT2D eigenvalue weighted by atomic mass is 31.0. The van der Waals surface area contributed by atoms with Crippen molar-refractivity contribution < 1.29 is 0 Å². The summed E-state index contributed by atoms with van der Waals surface area (Å²) >= 11 is 0. The van der Waals surface area contributed by atoms with Gasteiger partial charge in [-0.1, -0.05) is 55.8 Å². The zero-order valence-electron chi connectivity index (χ0n) is 10.7. The summed E-state index contributed by atoms with van der Waals surface area (Å²) in [6, 6.07) is 15.4. The normalized spacial score (nSPS) is 10.9. The third-order valence-electron chi connectivity index (χ3n) is 3.09. The van der Waals surface area contributed by atoms with Crippen LogP contribution in [-0.4, -0.2) is 0 Å². The fourth-order valence-electron chi connectivity index (χ4n) is 2.03. The van der Waals surface area contributed by atoms with Gasteiger partial charge in [-0.3, -0.25) is 0 Å². The van der Waals surface area contributed by atoms with E-state index in [1.54, 1.807) is 0 Å². The molecule has 0 saturated carbocycles. The Balaban J connectivity index is 2.41. The van der Waals surface area contributed by atoms with E-state index in [9.17, 15) is 0 Å². The number of aryl methyl sites for hydroxylation is 1. The molecular weight excluding hydrogens is 223 g/mol. The molecule has 0 aliphatic heterocycles. The van der Waals surface area contributed by atoms with Gasteiger partial charge in [-0.2, -0.15) is 0 Å². The third-order valence-corrected chi connectivity index (χ3v) is 3.59. The van der Waals surface area contributed by atoms with E-state index in [2.05, 4.69) is 72.5 Å². The average Bonchev–Trinajstić information content (AvgIpc) is 2.29. The molecule has 0 nitrogen and oxygen atoms in total. The van der Waals surface area contributed by atoms with Gasteiger partial charge in [0.1, 0.15) is 0 Å². The average molecular weight is 242 g/mol. The summed E-state index contributed by atoms with van der Waals surface area (Å²) in [6.45, 7) is 6.58. The standard InChI is InChI=1S/C16H19P/c1-11(2)15-9-8-14(10-16(15)17)13-6-4-12(3)5-7-13/h4-11H,17H2,1-3H3. The van der Waals surface area contributed by atoms with Crippen molar-refractivity contribution in [1.82, 2.24) is 0 Å². The molecule has 2 aromatic carbocycles. The zero-order chi connectivity index (χ0) is 12.4. The van der Waals surface area contributed by atoms with Crippen molar-refractivity contribution in [2.75, 3.05) is 0 Å². The van der Waals surface area contributed by atoms with E-state index in [1.165, 1.54) is 27.6 Å². The Kier molecular flexibility index (Phi) is 3.64. The van der Waals surface area contributed by atoms with Crippen molar-refractivity contribution in [2.45, 2.75) is 26.7 Å². The van der Waals surface area contributed by atoms with E-state index in [1.807, 2.05) is 0 Å². The minimum Gasteiger partial charge on any atom is -0.105 e. The number of benzene rings is 2. The van der Waals surface area contributed by atoms with E-state index in [0.29, 0.717) is 5.92 Å². The van der Waals surface area contributed by atoms with Crippen LogP contribution in [0.1, 0.15) is 30.9 Å². The quantitative estimate of drug-likeness (QED) is 0.689. The maximum absolute atomic E-state index is 2.85. The van der Waals surface area contributed by atoms with E-state index in [-0.39, 0.29) is 0 Å². The van der Waals surface area contributed by atoms with Crippen LogP contribution in [0.4, 0.5) is 0 Å². The largest absolute Gasteiger partial charge is 0.105 e. The Labute approximate surface area is 106 Å². The van der Waals surface area contributed by atoms with Gasteiger partial charge >= 0.3 is 0 Å². The molecule has 2 aromatic rings. The van der Waals surface area contributed by atoms with E-state index < -0.39 is 0 Å². The smallest absolute Gasteiger partial charge is 0.0178 e. The summed E-state index contributed by atoms with van der Waals surface area (Å²) in [5.74, 6) is 0.578. The predicted octanol–water partition coefficient (Wildman–Crippen LogP) is 4.29. The first kappa shape index (κ1) is 12.3. The van der Waals surface area contributed by atoms with Gasteiger partial charge in [0.05, 0.1) is 0 Å². The van der Waals surface area contributed by atoms with Gasteiger partial charge < -0.3 is 0 Å². The fraction of sp³-hybridized carbons (Fsp3) is 0.250. The van der Waals surface area contributed by atoms with Crippen molar-refractivity contribution in [1.29, 1.82) is 0 Å². The molecule has 0 bridgehead atoms. The first-order valence-corrected chi connectivity index (χ1v) is 6.62. The van der Waals surface area contributed by atoms with Gasteiger partial charge in [-0.15, -0.1) is 9.24 Å². The lowest BCUT2D eigenvalue weighted by atomic mass is 9.98. The second-order valence-electron chi connectivity index (χ2n) is 4.86. The predicted molar refractivity (Wildman–Crippen MR) is 80.0 cm³/mol. The van der Waals surface area contributed by atoms with Crippen LogP contribution in [0.15, 0.2) is 42.5 Å². The lowest BCUT2D eigenvalue weighted by Crippen LogP contribution is -2.03. The van der Waals surface area contributed by atoms with Crippen LogP contribution in [0.5, 0.6) is 0 Å². The fourth-order valence-corrected chi connectivity index (χ4v) is 2.64. The molecule has 0 spiro atoms. The molecule has 0 saturated heterocycles. The van der Waals surface area contributed by atoms with Gasteiger partial charge in [0.15, 0.2) is 0 Å². The molecule has 0 aromatic heterocycles. The zero-order valence-corrected chi connectivity index (χ0v) is 11.9. The van der Waals surface area contributed by atoms with Crippen LogP contribution in [0.25, 0.3) is 11.1 Å². The maximum Gasteiger partial charge on any atom is -0.0178 e. The Morgan fingerprint density at radius 1 is 0.882 bits per heavy atom. The van der Waals surface area contributed by atoms with Crippen LogP contribution in [-0.2, 0) is 0 Å². The van der Waals surface area contributed by atoms with Crippen LogP contribution in [0.3, 0.4) is 0 Å². The van der Waals surface area contributed by atoms with Gasteiger partial charge in [0, 0.05) is 0 Å². The lowest BCUT2D eigenvalue weighted by Gasteiger charge is -2.11.